The predicted octanol–water partition coefficient (Wildman–Crippen LogP) is 2.39. The molecule has 2 rings (SSSR count). The largest absolute Gasteiger partial charge is 0.480 e. The molecular weight excluding hydrogens is 245 g/mol. The van der Waals surface area contributed by atoms with Crippen molar-refractivity contribution in [3.8, 4) is 0 Å². The second kappa shape index (κ2) is 5.36. The Kier molecular flexibility index (Phi) is 4.34. The van der Waals surface area contributed by atoms with Gasteiger partial charge >= 0.3 is 5.97 Å². The number of aliphatic carboxylic acids is 1. The Morgan fingerprint density at radius 2 is 2.24 bits per heavy atom. The lowest BCUT2D eigenvalue weighted by Gasteiger charge is -2.31. The van der Waals surface area contributed by atoms with Crippen LogP contribution in [0.25, 0.3) is 0 Å². The Balaban J connectivity index is 0.00000144. The van der Waals surface area contributed by atoms with Crippen LogP contribution >= 0.6 is 12.4 Å². The minimum Gasteiger partial charge on any atom is -0.480 e. The van der Waals surface area contributed by atoms with Gasteiger partial charge in [0, 0.05) is 6.54 Å². The van der Waals surface area contributed by atoms with Crippen LogP contribution < -0.4 is 4.90 Å². The fourth-order valence-corrected chi connectivity index (χ4v) is 2.25. The highest BCUT2D eigenvalue weighted by molar-refractivity contribution is 5.85. The number of carbonyl (C=O) groups is 1. The summed E-state index contributed by atoms with van der Waals surface area (Å²) in [6, 6.07) is 3.16. The fraction of sp³-hybridized carbons (Fsp3) is 0.417. The summed E-state index contributed by atoms with van der Waals surface area (Å²) in [6.45, 7) is 2.41. The number of halogens is 2. The van der Waals surface area contributed by atoms with E-state index in [1.807, 2.05) is 6.92 Å². The topological polar surface area (TPSA) is 40.5 Å². The van der Waals surface area contributed by atoms with Crippen molar-refractivity contribution in [2.45, 2.75) is 19.8 Å². The van der Waals surface area contributed by atoms with E-state index in [0.29, 0.717) is 12.2 Å². The number of anilines is 1. The minimum atomic E-state index is -0.922. The van der Waals surface area contributed by atoms with Crippen molar-refractivity contribution in [2.75, 3.05) is 18.0 Å². The van der Waals surface area contributed by atoms with E-state index in [-0.39, 0.29) is 24.8 Å². The molecular formula is C12H15ClFNO2. The normalized spacial score (nSPS) is 13.9. The summed E-state index contributed by atoms with van der Waals surface area (Å²) in [5.41, 5.74) is 2.47. The summed E-state index contributed by atoms with van der Waals surface area (Å²) >= 11 is 0. The SMILES string of the molecule is Cc1ccc(F)c2c1CCCN2CC(=O)O.Cl. The number of hydrogen-bond donors (Lipinski definition) is 1. The zero-order chi connectivity index (χ0) is 11.7. The zero-order valence-electron chi connectivity index (χ0n) is 9.57. The van der Waals surface area contributed by atoms with Gasteiger partial charge in [-0.15, -0.1) is 12.4 Å². The van der Waals surface area contributed by atoms with Gasteiger partial charge in [0.15, 0.2) is 0 Å². The molecule has 0 unspecified atom stereocenters. The first-order valence-electron chi connectivity index (χ1n) is 5.34. The van der Waals surface area contributed by atoms with Crippen LogP contribution in [0.3, 0.4) is 0 Å². The van der Waals surface area contributed by atoms with E-state index >= 15 is 0 Å². The van der Waals surface area contributed by atoms with Crippen molar-refractivity contribution in [1.82, 2.24) is 0 Å². The highest BCUT2D eigenvalue weighted by atomic mass is 35.5. The van der Waals surface area contributed by atoms with E-state index in [9.17, 15) is 9.18 Å². The van der Waals surface area contributed by atoms with Crippen LogP contribution in [0, 0.1) is 12.7 Å². The lowest BCUT2D eigenvalue weighted by Crippen LogP contribution is -2.35. The Morgan fingerprint density at radius 3 is 2.88 bits per heavy atom. The summed E-state index contributed by atoms with van der Waals surface area (Å²) in [5.74, 6) is -1.24. The van der Waals surface area contributed by atoms with Crippen molar-refractivity contribution in [2.24, 2.45) is 0 Å². The van der Waals surface area contributed by atoms with Gasteiger partial charge in [-0.3, -0.25) is 4.79 Å². The first kappa shape index (κ1) is 13.8. The molecule has 0 radical (unpaired) electrons. The van der Waals surface area contributed by atoms with E-state index in [1.165, 1.54) is 6.07 Å². The van der Waals surface area contributed by atoms with Crippen LogP contribution in [0.1, 0.15) is 17.5 Å². The Bertz CT molecular complexity index is 437. The average molecular weight is 260 g/mol. The summed E-state index contributed by atoms with van der Waals surface area (Å²) in [6.07, 6.45) is 1.71. The third-order valence-electron chi connectivity index (χ3n) is 2.96. The maximum atomic E-state index is 13.7. The highest BCUT2D eigenvalue weighted by Crippen LogP contribution is 2.32. The minimum absolute atomic E-state index is 0. The lowest BCUT2D eigenvalue weighted by atomic mass is 9.96. The molecule has 17 heavy (non-hydrogen) atoms. The predicted molar refractivity (Wildman–Crippen MR) is 66.6 cm³/mol. The van der Waals surface area contributed by atoms with Crippen LogP contribution in [0.5, 0.6) is 0 Å². The Morgan fingerprint density at radius 1 is 1.53 bits per heavy atom. The third-order valence-corrected chi connectivity index (χ3v) is 2.96. The van der Waals surface area contributed by atoms with E-state index in [2.05, 4.69) is 0 Å². The van der Waals surface area contributed by atoms with E-state index in [0.717, 1.165) is 24.0 Å². The first-order valence-corrected chi connectivity index (χ1v) is 5.34. The van der Waals surface area contributed by atoms with E-state index in [1.54, 1.807) is 11.0 Å². The van der Waals surface area contributed by atoms with E-state index < -0.39 is 5.97 Å². The smallest absolute Gasteiger partial charge is 0.323 e. The van der Waals surface area contributed by atoms with Crippen LogP contribution in [-0.2, 0) is 11.2 Å². The first-order chi connectivity index (χ1) is 7.59. The van der Waals surface area contributed by atoms with Crippen LogP contribution in [-0.4, -0.2) is 24.2 Å². The van der Waals surface area contributed by atoms with Crippen LogP contribution in [0.15, 0.2) is 12.1 Å². The molecule has 0 amide bonds. The Hall–Kier alpha value is -1.29. The number of rotatable bonds is 2. The van der Waals surface area contributed by atoms with Crippen molar-refractivity contribution in [3.63, 3.8) is 0 Å². The zero-order valence-corrected chi connectivity index (χ0v) is 10.4. The summed E-state index contributed by atoms with van der Waals surface area (Å²) in [4.78, 5) is 12.3. The number of nitrogens with zero attached hydrogens (tertiary/aromatic N) is 1. The van der Waals surface area contributed by atoms with Gasteiger partial charge in [-0.05, 0) is 37.0 Å². The van der Waals surface area contributed by atoms with Gasteiger partial charge in [-0.1, -0.05) is 6.07 Å². The maximum Gasteiger partial charge on any atom is 0.323 e. The molecule has 94 valence electrons. The van der Waals surface area contributed by atoms with Crippen LogP contribution in [0.4, 0.5) is 10.1 Å². The molecule has 0 bridgehead atoms. The van der Waals surface area contributed by atoms with E-state index in [4.69, 9.17) is 5.11 Å². The molecule has 5 heteroatoms. The quantitative estimate of drug-likeness (QED) is 0.887. The van der Waals surface area contributed by atoms with Crippen molar-refractivity contribution < 1.29 is 14.3 Å². The summed E-state index contributed by atoms with van der Waals surface area (Å²) < 4.78 is 13.7. The molecule has 0 aromatic heterocycles. The van der Waals surface area contributed by atoms with Crippen LogP contribution in [0.2, 0.25) is 0 Å². The summed E-state index contributed by atoms with van der Waals surface area (Å²) in [5, 5.41) is 8.79. The van der Waals surface area contributed by atoms with Gasteiger partial charge in [0.1, 0.15) is 12.4 Å². The monoisotopic (exact) mass is 259 g/mol. The number of aryl methyl sites for hydroxylation is 1. The molecule has 0 spiro atoms. The molecule has 0 saturated carbocycles. The molecule has 0 fully saturated rings. The number of carboxylic acid groups (broad SMARTS) is 1. The Labute approximate surface area is 106 Å². The standard InChI is InChI=1S/C12H14FNO2.ClH/c1-8-4-5-10(13)12-9(8)3-2-6-14(12)7-11(15)16;/h4-5H,2-3,6-7H2,1H3,(H,15,16);1H. The molecule has 1 N–H and O–H groups in total. The molecule has 0 aliphatic carbocycles. The van der Waals surface area contributed by atoms with Gasteiger partial charge in [0.05, 0.1) is 5.69 Å². The lowest BCUT2D eigenvalue weighted by molar-refractivity contribution is -0.135. The molecule has 1 heterocycles. The molecule has 0 atom stereocenters. The average Bonchev–Trinajstić information content (AvgIpc) is 2.23. The van der Waals surface area contributed by atoms with Gasteiger partial charge < -0.3 is 10.0 Å². The molecule has 1 aromatic carbocycles. The molecule has 3 nitrogen and oxygen atoms in total. The second-order valence-corrected chi connectivity index (χ2v) is 4.11. The van der Waals surface area contributed by atoms with Gasteiger partial charge in [-0.2, -0.15) is 0 Å². The molecule has 1 aromatic rings. The number of fused-ring (bicyclic) bond motifs is 1. The number of carboxylic acids is 1. The van der Waals surface area contributed by atoms with Gasteiger partial charge in [0.2, 0.25) is 0 Å². The maximum absolute atomic E-state index is 13.7. The van der Waals surface area contributed by atoms with Crippen molar-refractivity contribution >= 4 is 24.1 Å². The number of benzene rings is 1. The van der Waals surface area contributed by atoms with Gasteiger partial charge in [-0.25, -0.2) is 4.39 Å². The fourth-order valence-electron chi connectivity index (χ4n) is 2.25. The van der Waals surface area contributed by atoms with Crippen molar-refractivity contribution in [3.05, 3.63) is 29.1 Å². The molecule has 1 aliphatic heterocycles. The molecule has 1 aliphatic rings. The van der Waals surface area contributed by atoms with Crippen molar-refractivity contribution in [1.29, 1.82) is 0 Å². The molecule has 0 saturated heterocycles. The second-order valence-electron chi connectivity index (χ2n) is 4.11. The van der Waals surface area contributed by atoms with Gasteiger partial charge in [0.25, 0.3) is 0 Å². The number of hydrogen-bond acceptors (Lipinski definition) is 2. The summed E-state index contributed by atoms with van der Waals surface area (Å²) in [7, 11) is 0. The third kappa shape index (κ3) is 2.69. The highest BCUT2D eigenvalue weighted by Gasteiger charge is 2.23.